The average molecular weight is 340 g/mol. The maximum Gasteiger partial charge on any atom is 0.227 e. The molecule has 1 aliphatic heterocycles. The van der Waals surface area contributed by atoms with Gasteiger partial charge in [-0.2, -0.15) is 0 Å². The van der Waals surface area contributed by atoms with Crippen molar-refractivity contribution < 1.29 is 22.8 Å². The minimum Gasteiger partial charge on any atom is -0.341 e. The Balaban J connectivity index is 1.62. The van der Waals surface area contributed by atoms with E-state index in [1.807, 2.05) is 0 Å². The molecular formula is C17H19F3N2O2. The highest BCUT2D eigenvalue weighted by Crippen LogP contribution is 2.30. The fourth-order valence-electron chi connectivity index (χ4n) is 2.90. The van der Waals surface area contributed by atoms with Crippen molar-refractivity contribution in [1.29, 1.82) is 0 Å². The van der Waals surface area contributed by atoms with Crippen LogP contribution in [0.1, 0.15) is 24.8 Å². The molecule has 0 atom stereocenters. The maximum absolute atomic E-state index is 13.7. The maximum atomic E-state index is 13.7. The summed E-state index contributed by atoms with van der Waals surface area (Å²) in [6.45, 7) is 1.84. The van der Waals surface area contributed by atoms with Crippen LogP contribution in [0.15, 0.2) is 12.1 Å². The van der Waals surface area contributed by atoms with Crippen LogP contribution in [0.3, 0.4) is 0 Å². The third-order valence-electron chi connectivity index (χ3n) is 4.57. The van der Waals surface area contributed by atoms with E-state index in [1.165, 1.54) is 4.90 Å². The Bertz CT molecular complexity index is 661. The van der Waals surface area contributed by atoms with Gasteiger partial charge in [0.15, 0.2) is 17.5 Å². The van der Waals surface area contributed by atoms with E-state index in [-0.39, 0.29) is 36.8 Å². The zero-order chi connectivity index (χ0) is 17.3. The Morgan fingerprint density at radius 1 is 1.08 bits per heavy atom. The number of hydrogen-bond acceptors (Lipinski definition) is 2. The molecule has 2 fully saturated rings. The second-order valence-corrected chi connectivity index (χ2v) is 6.43. The number of rotatable bonds is 4. The molecule has 24 heavy (non-hydrogen) atoms. The van der Waals surface area contributed by atoms with Crippen LogP contribution < -0.4 is 0 Å². The second kappa shape index (κ2) is 6.83. The largest absolute Gasteiger partial charge is 0.341 e. The average Bonchev–Trinajstić information content (AvgIpc) is 3.38. The third kappa shape index (κ3) is 3.71. The molecule has 0 bridgehead atoms. The molecule has 1 aromatic rings. The molecule has 130 valence electrons. The molecule has 2 aliphatic rings. The van der Waals surface area contributed by atoms with Crippen LogP contribution in [0.2, 0.25) is 0 Å². The molecule has 1 heterocycles. The van der Waals surface area contributed by atoms with E-state index in [9.17, 15) is 22.8 Å². The number of carbonyl (C=O) groups is 2. The lowest BCUT2D eigenvalue weighted by Crippen LogP contribution is -2.37. The second-order valence-electron chi connectivity index (χ2n) is 6.43. The highest BCUT2D eigenvalue weighted by molar-refractivity contribution is 5.81. The number of benzene rings is 1. The van der Waals surface area contributed by atoms with Gasteiger partial charge in [-0.25, -0.2) is 13.2 Å². The van der Waals surface area contributed by atoms with Gasteiger partial charge in [-0.15, -0.1) is 0 Å². The highest BCUT2D eigenvalue weighted by Gasteiger charge is 2.30. The van der Waals surface area contributed by atoms with Gasteiger partial charge in [-0.05, 0) is 24.8 Å². The Labute approximate surface area is 138 Å². The van der Waals surface area contributed by atoms with Crippen molar-refractivity contribution in [3.8, 4) is 0 Å². The van der Waals surface area contributed by atoms with E-state index in [1.54, 1.807) is 4.90 Å². The lowest BCUT2D eigenvalue weighted by Gasteiger charge is -2.22. The summed E-state index contributed by atoms with van der Waals surface area (Å²) in [5.74, 6) is -3.96. The summed E-state index contributed by atoms with van der Waals surface area (Å²) in [7, 11) is 0. The summed E-state index contributed by atoms with van der Waals surface area (Å²) in [6, 6.07) is 1.89. The molecule has 3 rings (SSSR count). The molecule has 0 unspecified atom stereocenters. The normalized spacial score (nSPS) is 18.7. The van der Waals surface area contributed by atoms with Crippen molar-refractivity contribution in [2.45, 2.75) is 25.7 Å². The molecule has 1 saturated carbocycles. The number of hydrogen-bond donors (Lipinski definition) is 0. The van der Waals surface area contributed by atoms with Crippen LogP contribution in [0, 0.1) is 23.4 Å². The molecule has 1 aromatic carbocycles. The first-order valence-corrected chi connectivity index (χ1v) is 8.13. The fourth-order valence-corrected chi connectivity index (χ4v) is 2.90. The zero-order valence-electron chi connectivity index (χ0n) is 13.2. The summed E-state index contributed by atoms with van der Waals surface area (Å²) in [4.78, 5) is 27.7. The molecule has 2 amide bonds. The first kappa shape index (κ1) is 16.8. The molecule has 0 N–H and O–H groups in total. The van der Waals surface area contributed by atoms with Crippen LogP contribution in [0.4, 0.5) is 13.2 Å². The van der Waals surface area contributed by atoms with Crippen molar-refractivity contribution in [2.24, 2.45) is 5.92 Å². The molecule has 1 saturated heterocycles. The summed E-state index contributed by atoms with van der Waals surface area (Å²) >= 11 is 0. The molecule has 0 aromatic heterocycles. The van der Waals surface area contributed by atoms with Crippen molar-refractivity contribution in [3.63, 3.8) is 0 Å². The third-order valence-corrected chi connectivity index (χ3v) is 4.57. The van der Waals surface area contributed by atoms with E-state index < -0.39 is 17.5 Å². The van der Waals surface area contributed by atoms with Gasteiger partial charge in [-0.3, -0.25) is 9.59 Å². The van der Waals surface area contributed by atoms with Crippen LogP contribution in [0.25, 0.3) is 0 Å². The lowest BCUT2D eigenvalue weighted by molar-refractivity contribution is -0.130. The Kier molecular flexibility index (Phi) is 4.78. The Morgan fingerprint density at radius 3 is 2.54 bits per heavy atom. The van der Waals surface area contributed by atoms with Gasteiger partial charge in [0.05, 0.1) is 6.42 Å². The molecule has 0 radical (unpaired) electrons. The van der Waals surface area contributed by atoms with Crippen molar-refractivity contribution in [2.75, 3.05) is 26.2 Å². The summed E-state index contributed by atoms with van der Waals surface area (Å²) in [6.07, 6.45) is 2.17. The summed E-state index contributed by atoms with van der Waals surface area (Å²) in [5, 5.41) is 0. The van der Waals surface area contributed by atoms with Crippen LogP contribution in [-0.4, -0.2) is 47.8 Å². The van der Waals surface area contributed by atoms with E-state index in [2.05, 4.69) is 0 Å². The number of halogens is 3. The first-order valence-electron chi connectivity index (χ1n) is 8.13. The van der Waals surface area contributed by atoms with Crippen LogP contribution >= 0.6 is 0 Å². The quantitative estimate of drug-likeness (QED) is 0.788. The van der Waals surface area contributed by atoms with Gasteiger partial charge in [0.1, 0.15) is 0 Å². The van der Waals surface area contributed by atoms with Crippen LogP contribution in [0.5, 0.6) is 0 Å². The molecular weight excluding hydrogens is 321 g/mol. The standard InChI is InChI=1S/C17H19F3N2O2/c18-13-4-3-12(16(19)17(13)20)9-15(24)21-6-5-14(23)22(8-7-21)10-11-1-2-11/h3-4,11H,1-2,5-10H2. The first-order chi connectivity index (χ1) is 11.5. The Morgan fingerprint density at radius 2 is 1.83 bits per heavy atom. The van der Waals surface area contributed by atoms with E-state index in [0.29, 0.717) is 19.0 Å². The zero-order valence-corrected chi connectivity index (χ0v) is 13.2. The monoisotopic (exact) mass is 340 g/mol. The van der Waals surface area contributed by atoms with E-state index >= 15 is 0 Å². The van der Waals surface area contributed by atoms with Gasteiger partial charge in [0.25, 0.3) is 0 Å². The van der Waals surface area contributed by atoms with Crippen LogP contribution in [-0.2, 0) is 16.0 Å². The SMILES string of the molecule is O=C(Cc1ccc(F)c(F)c1F)N1CCC(=O)N(CC2CC2)CC1. The Hall–Kier alpha value is -2.05. The lowest BCUT2D eigenvalue weighted by atomic mass is 10.1. The topological polar surface area (TPSA) is 40.6 Å². The predicted molar refractivity (Wildman–Crippen MR) is 80.5 cm³/mol. The van der Waals surface area contributed by atoms with Gasteiger partial charge in [-0.1, -0.05) is 6.07 Å². The predicted octanol–water partition coefficient (Wildman–Crippen LogP) is 2.12. The van der Waals surface area contributed by atoms with Gasteiger partial charge in [0.2, 0.25) is 11.8 Å². The van der Waals surface area contributed by atoms with Gasteiger partial charge < -0.3 is 9.80 Å². The van der Waals surface area contributed by atoms with E-state index in [4.69, 9.17) is 0 Å². The van der Waals surface area contributed by atoms with E-state index in [0.717, 1.165) is 31.5 Å². The van der Waals surface area contributed by atoms with Crippen molar-refractivity contribution in [3.05, 3.63) is 35.1 Å². The van der Waals surface area contributed by atoms with Gasteiger partial charge >= 0.3 is 0 Å². The smallest absolute Gasteiger partial charge is 0.227 e. The number of nitrogens with zero attached hydrogens (tertiary/aromatic N) is 2. The molecule has 4 nitrogen and oxygen atoms in total. The number of carbonyl (C=O) groups excluding carboxylic acids is 2. The van der Waals surface area contributed by atoms with Crippen molar-refractivity contribution >= 4 is 11.8 Å². The molecule has 7 heteroatoms. The summed E-state index contributed by atoms with van der Waals surface area (Å²) in [5.41, 5.74) is -0.177. The molecule has 1 aliphatic carbocycles. The van der Waals surface area contributed by atoms with Crippen molar-refractivity contribution in [1.82, 2.24) is 9.80 Å². The number of amides is 2. The summed E-state index contributed by atoms with van der Waals surface area (Å²) < 4.78 is 39.9. The minimum atomic E-state index is -1.57. The highest BCUT2D eigenvalue weighted by atomic mass is 19.2. The van der Waals surface area contributed by atoms with Gasteiger partial charge in [0, 0.05) is 38.2 Å². The minimum absolute atomic E-state index is 0.0243. The fraction of sp³-hybridized carbons (Fsp3) is 0.529. The molecule has 0 spiro atoms.